The number of halogens is 1. The second-order valence-corrected chi connectivity index (χ2v) is 3.92. The molecule has 2 heteroatoms. The second-order valence-electron chi connectivity index (χ2n) is 3.92. The number of rotatable bonds is 4. The summed E-state index contributed by atoms with van der Waals surface area (Å²) in [5, 5.41) is 0. The lowest BCUT2D eigenvalue weighted by Crippen LogP contribution is -2.27. The second kappa shape index (κ2) is 4.45. The van der Waals surface area contributed by atoms with Crippen LogP contribution < -0.4 is 4.74 Å². The summed E-state index contributed by atoms with van der Waals surface area (Å²) in [5.74, 6) is 0.302. The van der Waals surface area contributed by atoms with Crippen molar-refractivity contribution in [2.75, 3.05) is 0 Å². The van der Waals surface area contributed by atoms with Gasteiger partial charge in [-0.05, 0) is 38.8 Å². The smallest absolute Gasteiger partial charge is 0.126 e. The fourth-order valence-corrected chi connectivity index (χ4v) is 1.33. The Bertz CT molecular complexity index is 294. The van der Waals surface area contributed by atoms with Crippen LogP contribution in [0.15, 0.2) is 24.3 Å². The molecule has 14 heavy (non-hydrogen) atoms. The van der Waals surface area contributed by atoms with Gasteiger partial charge < -0.3 is 4.74 Å². The van der Waals surface area contributed by atoms with Crippen LogP contribution in [0.2, 0.25) is 0 Å². The fraction of sp³-hybridized carbons (Fsp3) is 0.417. The van der Waals surface area contributed by atoms with Crippen molar-refractivity contribution in [2.24, 2.45) is 0 Å². The Balaban J connectivity index is 2.68. The molecule has 0 aromatic heterocycles. The summed E-state index contributed by atoms with van der Waals surface area (Å²) in [6.45, 7) is 7.73. The lowest BCUT2D eigenvalue weighted by atomic mass is 10.0. The highest BCUT2D eigenvalue weighted by Gasteiger charge is 2.18. The first kappa shape index (κ1) is 11.0. The Hall–Kier alpha value is -1.05. The number of hydrogen-bond donors (Lipinski definition) is 0. The van der Waals surface area contributed by atoms with Crippen LogP contribution in [0.3, 0.4) is 0 Å². The SMILES string of the molecule is [CH2]CCC(C)(C)Oc1cccc(F)c1. The Labute approximate surface area is 84.9 Å². The first-order valence-electron chi connectivity index (χ1n) is 4.77. The van der Waals surface area contributed by atoms with Gasteiger partial charge in [-0.2, -0.15) is 0 Å². The number of benzene rings is 1. The van der Waals surface area contributed by atoms with Crippen molar-refractivity contribution in [1.82, 2.24) is 0 Å². The Kier molecular flexibility index (Phi) is 3.50. The predicted octanol–water partition coefficient (Wildman–Crippen LogP) is 3.60. The third kappa shape index (κ3) is 3.36. The topological polar surface area (TPSA) is 9.23 Å². The molecule has 0 aliphatic carbocycles. The molecule has 0 spiro atoms. The van der Waals surface area contributed by atoms with Crippen LogP contribution in [0.4, 0.5) is 4.39 Å². The molecule has 0 aliphatic rings. The van der Waals surface area contributed by atoms with Crippen LogP contribution in [-0.4, -0.2) is 5.60 Å². The molecular weight excluding hydrogens is 179 g/mol. The van der Waals surface area contributed by atoms with Gasteiger partial charge in [-0.15, -0.1) is 0 Å². The van der Waals surface area contributed by atoms with E-state index < -0.39 is 0 Å². The van der Waals surface area contributed by atoms with Crippen LogP contribution in [0.25, 0.3) is 0 Å². The molecule has 0 bridgehead atoms. The summed E-state index contributed by atoms with van der Waals surface area (Å²) in [6, 6.07) is 6.20. The van der Waals surface area contributed by atoms with Gasteiger partial charge in [-0.1, -0.05) is 13.0 Å². The fourth-order valence-electron chi connectivity index (χ4n) is 1.33. The van der Waals surface area contributed by atoms with Gasteiger partial charge in [0, 0.05) is 6.07 Å². The van der Waals surface area contributed by atoms with Gasteiger partial charge in [0.25, 0.3) is 0 Å². The van der Waals surface area contributed by atoms with Crippen molar-refractivity contribution in [2.45, 2.75) is 32.3 Å². The first-order valence-corrected chi connectivity index (χ1v) is 4.77. The van der Waals surface area contributed by atoms with Crippen molar-refractivity contribution in [3.05, 3.63) is 37.0 Å². The molecule has 1 rings (SSSR count). The molecule has 1 aromatic carbocycles. The monoisotopic (exact) mass is 195 g/mol. The molecular formula is C12H16FO. The Morgan fingerprint density at radius 3 is 2.71 bits per heavy atom. The third-order valence-electron chi connectivity index (χ3n) is 1.97. The first-order chi connectivity index (χ1) is 6.53. The minimum atomic E-state index is -0.282. The molecule has 0 atom stereocenters. The van der Waals surface area contributed by atoms with Crippen molar-refractivity contribution < 1.29 is 9.13 Å². The highest BCUT2D eigenvalue weighted by atomic mass is 19.1. The number of hydrogen-bond acceptors (Lipinski definition) is 1. The Morgan fingerprint density at radius 1 is 1.43 bits per heavy atom. The van der Waals surface area contributed by atoms with Gasteiger partial charge in [0.1, 0.15) is 17.2 Å². The molecule has 0 heterocycles. The molecule has 77 valence electrons. The zero-order chi connectivity index (χ0) is 10.6. The van der Waals surface area contributed by atoms with E-state index in [1.807, 2.05) is 13.8 Å². The van der Waals surface area contributed by atoms with E-state index in [0.717, 1.165) is 12.8 Å². The van der Waals surface area contributed by atoms with Gasteiger partial charge >= 0.3 is 0 Å². The van der Waals surface area contributed by atoms with Crippen LogP contribution in [-0.2, 0) is 0 Å². The molecule has 0 unspecified atom stereocenters. The average molecular weight is 195 g/mol. The average Bonchev–Trinajstić information content (AvgIpc) is 2.02. The molecule has 1 radical (unpaired) electrons. The van der Waals surface area contributed by atoms with E-state index in [0.29, 0.717) is 5.75 Å². The van der Waals surface area contributed by atoms with Crippen LogP contribution in [0, 0.1) is 12.7 Å². The van der Waals surface area contributed by atoms with Gasteiger partial charge in [-0.25, -0.2) is 4.39 Å². The third-order valence-corrected chi connectivity index (χ3v) is 1.97. The lowest BCUT2D eigenvalue weighted by molar-refractivity contribution is 0.1000. The van der Waals surface area contributed by atoms with E-state index in [1.54, 1.807) is 12.1 Å². The van der Waals surface area contributed by atoms with E-state index in [9.17, 15) is 4.39 Å². The maximum absolute atomic E-state index is 12.8. The van der Waals surface area contributed by atoms with Crippen molar-refractivity contribution in [1.29, 1.82) is 0 Å². The van der Waals surface area contributed by atoms with Gasteiger partial charge in [0.2, 0.25) is 0 Å². The predicted molar refractivity (Wildman–Crippen MR) is 55.7 cm³/mol. The summed E-state index contributed by atoms with van der Waals surface area (Å²) >= 11 is 0. The van der Waals surface area contributed by atoms with E-state index >= 15 is 0 Å². The maximum Gasteiger partial charge on any atom is 0.126 e. The normalized spacial score (nSPS) is 11.4. The largest absolute Gasteiger partial charge is 0.488 e. The summed E-state index contributed by atoms with van der Waals surface area (Å²) < 4.78 is 18.5. The summed E-state index contributed by atoms with van der Waals surface area (Å²) in [5.41, 5.74) is -0.282. The van der Waals surface area contributed by atoms with Gasteiger partial charge in [0.15, 0.2) is 0 Å². The summed E-state index contributed by atoms with van der Waals surface area (Å²) in [7, 11) is 0. The van der Waals surface area contributed by atoms with Crippen molar-refractivity contribution >= 4 is 0 Å². The molecule has 0 saturated heterocycles. The molecule has 0 fully saturated rings. The molecule has 1 nitrogen and oxygen atoms in total. The summed E-state index contributed by atoms with van der Waals surface area (Å²) in [6.07, 6.45) is 1.66. The minimum absolute atomic E-state index is 0.270. The highest BCUT2D eigenvalue weighted by Crippen LogP contribution is 2.22. The van der Waals surface area contributed by atoms with E-state index in [4.69, 9.17) is 4.74 Å². The van der Waals surface area contributed by atoms with E-state index in [2.05, 4.69) is 6.92 Å². The summed E-state index contributed by atoms with van der Waals surface area (Å²) in [4.78, 5) is 0. The van der Waals surface area contributed by atoms with Crippen LogP contribution >= 0.6 is 0 Å². The highest BCUT2D eigenvalue weighted by molar-refractivity contribution is 5.23. The molecule has 0 N–H and O–H groups in total. The van der Waals surface area contributed by atoms with Gasteiger partial charge in [0.05, 0.1) is 0 Å². The zero-order valence-corrected chi connectivity index (χ0v) is 8.72. The molecule has 0 amide bonds. The lowest BCUT2D eigenvalue weighted by Gasteiger charge is -2.25. The quantitative estimate of drug-likeness (QED) is 0.713. The zero-order valence-electron chi connectivity index (χ0n) is 8.72. The standard InChI is InChI=1S/C12H16FO/c1-4-8-12(2,3)14-11-7-5-6-10(13)9-11/h5-7,9H,1,4,8H2,2-3H3. The van der Waals surface area contributed by atoms with Crippen LogP contribution in [0.5, 0.6) is 5.75 Å². The maximum atomic E-state index is 12.8. The molecule has 0 aliphatic heterocycles. The molecule has 0 saturated carbocycles. The Morgan fingerprint density at radius 2 is 2.14 bits per heavy atom. The minimum Gasteiger partial charge on any atom is -0.488 e. The van der Waals surface area contributed by atoms with Crippen molar-refractivity contribution in [3.63, 3.8) is 0 Å². The van der Waals surface area contributed by atoms with E-state index in [-0.39, 0.29) is 11.4 Å². The number of ether oxygens (including phenoxy) is 1. The van der Waals surface area contributed by atoms with Crippen molar-refractivity contribution in [3.8, 4) is 5.75 Å². The van der Waals surface area contributed by atoms with Gasteiger partial charge in [-0.3, -0.25) is 0 Å². The molecule has 1 aromatic rings. The van der Waals surface area contributed by atoms with E-state index in [1.165, 1.54) is 12.1 Å². The van der Waals surface area contributed by atoms with Crippen LogP contribution in [0.1, 0.15) is 26.7 Å².